The molecule has 0 spiro atoms. The smallest absolute Gasteiger partial charge is 0.258 e. The second-order valence-electron chi connectivity index (χ2n) is 3.44. The molecule has 0 aliphatic heterocycles. The number of hydrogen-bond donors (Lipinski definition) is 1. The van der Waals surface area contributed by atoms with E-state index in [0.29, 0.717) is 10.8 Å². The summed E-state index contributed by atoms with van der Waals surface area (Å²) in [7, 11) is 0. The number of halogens is 1. The van der Waals surface area contributed by atoms with Crippen molar-refractivity contribution in [3.05, 3.63) is 29.3 Å². The molecule has 0 atom stereocenters. The van der Waals surface area contributed by atoms with Gasteiger partial charge in [-0.2, -0.15) is 0 Å². The molecular formula is C11H14ClNO2. The average molecular weight is 228 g/mol. The lowest BCUT2D eigenvalue weighted by Gasteiger charge is -2.10. The van der Waals surface area contributed by atoms with Gasteiger partial charge in [-0.05, 0) is 26.0 Å². The van der Waals surface area contributed by atoms with Gasteiger partial charge in [-0.1, -0.05) is 23.7 Å². The molecule has 1 aromatic carbocycles. The van der Waals surface area contributed by atoms with Gasteiger partial charge in [0.2, 0.25) is 0 Å². The molecule has 0 heterocycles. The molecule has 0 aromatic heterocycles. The number of carbonyl (C=O) groups excluding carboxylic acids is 1. The molecule has 0 saturated heterocycles. The summed E-state index contributed by atoms with van der Waals surface area (Å²) in [6.45, 7) is 3.78. The maximum Gasteiger partial charge on any atom is 0.258 e. The van der Waals surface area contributed by atoms with Gasteiger partial charge in [0, 0.05) is 6.04 Å². The van der Waals surface area contributed by atoms with Crippen molar-refractivity contribution in [3.8, 4) is 5.75 Å². The largest absolute Gasteiger partial charge is 0.482 e. The van der Waals surface area contributed by atoms with E-state index < -0.39 is 0 Å². The molecule has 82 valence electrons. The van der Waals surface area contributed by atoms with E-state index in [1.807, 2.05) is 26.0 Å². The van der Waals surface area contributed by atoms with E-state index in [0.717, 1.165) is 0 Å². The quantitative estimate of drug-likeness (QED) is 0.857. The lowest BCUT2D eigenvalue weighted by atomic mass is 10.3. The van der Waals surface area contributed by atoms with Gasteiger partial charge in [0.1, 0.15) is 5.75 Å². The molecule has 4 heteroatoms. The Morgan fingerprint density at radius 1 is 1.47 bits per heavy atom. The van der Waals surface area contributed by atoms with Crippen molar-refractivity contribution >= 4 is 17.5 Å². The third-order valence-electron chi connectivity index (χ3n) is 1.65. The second-order valence-corrected chi connectivity index (χ2v) is 3.85. The van der Waals surface area contributed by atoms with Crippen molar-refractivity contribution in [1.29, 1.82) is 0 Å². The first-order valence-electron chi connectivity index (χ1n) is 4.76. The number of hydrogen-bond acceptors (Lipinski definition) is 2. The highest BCUT2D eigenvalue weighted by molar-refractivity contribution is 6.32. The summed E-state index contributed by atoms with van der Waals surface area (Å²) in [4.78, 5) is 11.3. The first-order chi connectivity index (χ1) is 7.09. The zero-order valence-electron chi connectivity index (χ0n) is 8.79. The molecule has 15 heavy (non-hydrogen) atoms. The lowest BCUT2D eigenvalue weighted by Crippen LogP contribution is -2.34. The zero-order chi connectivity index (χ0) is 11.3. The van der Waals surface area contributed by atoms with Crippen LogP contribution < -0.4 is 10.1 Å². The molecule has 0 bridgehead atoms. The van der Waals surface area contributed by atoms with Gasteiger partial charge < -0.3 is 10.1 Å². The zero-order valence-corrected chi connectivity index (χ0v) is 9.54. The van der Waals surface area contributed by atoms with Crippen LogP contribution in [-0.4, -0.2) is 18.6 Å². The minimum atomic E-state index is -0.148. The molecule has 1 N–H and O–H groups in total. The fourth-order valence-electron chi connectivity index (χ4n) is 1.07. The Morgan fingerprint density at radius 2 is 2.13 bits per heavy atom. The van der Waals surface area contributed by atoms with E-state index >= 15 is 0 Å². The van der Waals surface area contributed by atoms with E-state index in [-0.39, 0.29) is 18.6 Å². The van der Waals surface area contributed by atoms with Crippen LogP contribution in [0.25, 0.3) is 0 Å². The molecule has 1 aromatic rings. The first kappa shape index (κ1) is 11.9. The number of benzene rings is 1. The number of nitrogens with one attached hydrogen (secondary N) is 1. The predicted molar refractivity (Wildman–Crippen MR) is 60.2 cm³/mol. The van der Waals surface area contributed by atoms with Crippen LogP contribution in [0.15, 0.2) is 24.3 Å². The summed E-state index contributed by atoms with van der Waals surface area (Å²) < 4.78 is 5.26. The summed E-state index contributed by atoms with van der Waals surface area (Å²) in [5.41, 5.74) is 0. The monoisotopic (exact) mass is 227 g/mol. The highest BCUT2D eigenvalue weighted by Crippen LogP contribution is 2.22. The fourth-order valence-corrected chi connectivity index (χ4v) is 1.26. The minimum absolute atomic E-state index is 0.0120. The topological polar surface area (TPSA) is 38.3 Å². The Balaban J connectivity index is 2.44. The first-order valence-corrected chi connectivity index (χ1v) is 5.14. The van der Waals surface area contributed by atoms with Gasteiger partial charge in [-0.3, -0.25) is 4.79 Å². The summed E-state index contributed by atoms with van der Waals surface area (Å²) in [5, 5.41) is 3.23. The van der Waals surface area contributed by atoms with Crippen molar-refractivity contribution in [1.82, 2.24) is 5.32 Å². The Labute approximate surface area is 94.4 Å². The Bertz CT molecular complexity index is 339. The summed E-state index contributed by atoms with van der Waals surface area (Å²) >= 11 is 5.86. The van der Waals surface area contributed by atoms with Crippen LogP contribution in [0.4, 0.5) is 0 Å². The SMILES string of the molecule is CC(C)NC(=O)COc1ccccc1Cl. The predicted octanol–water partition coefficient (Wildman–Crippen LogP) is 2.24. The fraction of sp³-hybridized carbons (Fsp3) is 0.364. The van der Waals surface area contributed by atoms with Crippen molar-refractivity contribution in [2.24, 2.45) is 0 Å². The molecule has 0 fully saturated rings. The van der Waals surface area contributed by atoms with Crippen LogP contribution in [0.1, 0.15) is 13.8 Å². The van der Waals surface area contributed by atoms with Crippen molar-refractivity contribution in [3.63, 3.8) is 0 Å². The summed E-state index contributed by atoms with van der Waals surface area (Å²) in [6, 6.07) is 7.18. The van der Waals surface area contributed by atoms with Crippen molar-refractivity contribution in [2.45, 2.75) is 19.9 Å². The molecule has 1 rings (SSSR count). The maximum absolute atomic E-state index is 11.3. The third kappa shape index (κ3) is 4.21. The molecule has 0 saturated carbocycles. The van der Waals surface area contributed by atoms with Crippen LogP contribution >= 0.6 is 11.6 Å². The van der Waals surface area contributed by atoms with E-state index in [2.05, 4.69) is 5.32 Å². The minimum Gasteiger partial charge on any atom is -0.482 e. The highest BCUT2D eigenvalue weighted by Gasteiger charge is 2.05. The number of rotatable bonds is 4. The van der Waals surface area contributed by atoms with Gasteiger partial charge in [0.05, 0.1) is 5.02 Å². The number of ether oxygens (including phenoxy) is 1. The van der Waals surface area contributed by atoms with Gasteiger partial charge in [-0.25, -0.2) is 0 Å². The third-order valence-corrected chi connectivity index (χ3v) is 1.96. The van der Waals surface area contributed by atoms with Gasteiger partial charge in [0.15, 0.2) is 6.61 Å². The van der Waals surface area contributed by atoms with Crippen molar-refractivity contribution < 1.29 is 9.53 Å². The van der Waals surface area contributed by atoms with Crippen LogP contribution in [0.3, 0.4) is 0 Å². The summed E-state index contributed by atoms with van der Waals surface area (Å²) in [6.07, 6.45) is 0. The summed E-state index contributed by atoms with van der Waals surface area (Å²) in [5.74, 6) is 0.378. The molecule has 0 unspecified atom stereocenters. The van der Waals surface area contributed by atoms with Crippen LogP contribution in [0.2, 0.25) is 5.02 Å². The van der Waals surface area contributed by atoms with Gasteiger partial charge in [0.25, 0.3) is 5.91 Å². The molecule has 0 aliphatic carbocycles. The highest BCUT2D eigenvalue weighted by atomic mass is 35.5. The molecule has 0 radical (unpaired) electrons. The van der Waals surface area contributed by atoms with Gasteiger partial charge >= 0.3 is 0 Å². The Kier molecular flexibility index (Phi) is 4.43. The van der Waals surface area contributed by atoms with Crippen LogP contribution in [0, 0.1) is 0 Å². The van der Waals surface area contributed by atoms with Crippen molar-refractivity contribution in [2.75, 3.05) is 6.61 Å². The molecular weight excluding hydrogens is 214 g/mol. The average Bonchev–Trinajstić information content (AvgIpc) is 2.15. The second kappa shape index (κ2) is 5.61. The van der Waals surface area contributed by atoms with Gasteiger partial charge in [-0.15, -0.1) is 0 Å². The maximum atomic E-state index is 11.3. The number of amides is 1. The Hall–Kier alpha value is -1.22. The van der Waals surface area contributed by atoms with E-state index in [4.69, 9.17) is 16.3 Å². The molecule has 3 nitrogen and oxygen atoms in total. The molecule has 1 amide bonds. The van der Waals surface area contributed by atoms with E-state index in [9.17, 15) is 4.79 Å². The Morgan fingerprint density at radius 3 is 2.73 bits per heavy atom. The standard InChI is InChI=1S/C11H14ClNO2/c1-8(2)13-11(14)7-15-10-6-4-3-5-9(10)12/h3-6,8H,7H2,1-2H3,(H,13,14). The van der Waals surface area contributed by atoms with E-state index in [1.165, 1.54) is 0 Å². The number of carbonyl (C=O) groups is 1. The molecule has 0 aliphatic rings. The van der Waals surface area contributed by atoms with E-state index in [1.54, 1.807) is 12.1 Å². The number of para-hydroxylation sites is 1. The lowest BCUT2D eigenvalue weighted by molar-refractivity contribution is -0.123. The normalized spacial score (nSPS) is 10.1. The van der Waals surface area contributed by atoms with Crippen LogP contribution in [0.5, 0.6) is 5.75 Å². The van der Waals surface area contributed by atoms with Crippen LogP contribution in [-0.2, 0) is 4.79 Å².